The number of halogens is 1. The van der Waals surface area contributed by atoms with Crippen LogP contribution in [0.5, 0.6) is 0 Å². The molecule has 4 rings (SSSR count). The van der Waals surface area contributed by atoms with Crippen LogP contribution in [-0.4, -0.2) is 63.6 Å². The van der Waals surface area contributed by atoms with Gasteiger partial charge in [0.15, 0.2) is 5.82 Å². The number of nitriles is 1. The van der Waals surface area contributed by atoms with Crippen LogP contribution >= 0.6 is 12.4 Å². The van der Waals surface area contributed by atoms with Crippen LogP contribution in [0.2, 0.25) is 0 Å². The molecule has 0 saturated carbocycles. The molecule has 0 bridgehead atoms. The maximum Gasteiger partial charge on any atom is 0.253 e. The number of carbonyl (C=O) groups is 1. The van der Waals surface area contributed by atoms with Gasteiger partial charge < -0.3 is 9.80 Å². The lowest BCUT2D eigenvalue weighted by atomic mass is 10.00. The van der Waals surface area contributed by atoms with Crippen molar-refractivity contribution in [3.05, 3.63) is 71.5 Å². The van der Waals surface area contributed by atoms with E-state index in [2.05, 4.69) is 57.5 Å². The van der Waals surface area contributed by atoms with Gasteiger partial charge in [-0.05, 0) is 50.1 Å². The van der Waals surface area contributed by atoms with E-state index in [-0.39, 0.29) is 18.3 Å². The molecule has 8 heteroatoms. The summed E-state index contributed by atoms with van der Waals surface area (Å²) in [5.41, 5.74) is 2.91. The van der Waals surface area contributed by atoms with Crippen molar-refractivity contribution in [2.75, 3.05) is 26.7 Å². The number of likely N-dealkylation sites (tertiary alicyclic amines) is 1. The highest BCUT2D eigenvalue weighted by Crippen LogP contribution is 2.23. The minimum Gasteiger partial charge on any atom is -0.339 e. The number of likely N-dealkylation sites (N-methyl/N-ethyl adjacent to an activating group) is 1. The van der Waals surface area contributed by atoms with E-state index in [1.54, 1.807) is 18.2 Å². The lowest BCUT2D eigenvalue weighted by Crippen LogP contribution is -2.46. The maximum absolute atomic E-state index is 13.0. The number of rotatable bonds is 6. The van der Waals surface area contributed by atoms with E-state index in [1.807, 2.05) is 11.0 Å². The molecule has 1 amide bonds. The van der Waals surface area contributed by atoms with Crippen molar-refractivity contribution in [3.63, 3.8) is 0 Å². The summed E-state index contributed by atoms with van der Waals surface area (Å²) in [4.78, 5) is 21.4. The molecule has 3 aromatic rings. The quantitative estimate of drug-likeness (QED) is 0.620. The highest BCUT2D eigenvalue weighted by molar-refractivity contribution is 5.95. The van der Waals surface area contributed by atoms with E-state index in [0.29, 0.717) is 28.6 Å². The monoisotopic (exact) mass is 450 g/mol. The molecule has 1 aliphatic rings. The smallest absolute Gasteiger partial charge is 0.253 e. The predicted octanol–water partition coefficient (Wildman–Crippen LogP) is 3.54. The fraction of sp³-hybridized carbons (Fsp3) is 0.333. The fourth-order valence-corrected chi connectivity index (χ4v) is 4.13. The van der Waals surface area contributed by atoms with Crippen molar-refractivity contribution in [2.45, 2.75) is 25.3 Å². The lowest BCUT2D eigenvalue weighted by molar-refractivity contribution is 0.0647. The van der Waals surface area contributed by atoms with Gasteiger partial charge in [0.25, 0.3) is 5.91 Å². The molecule has 1 saturated heterocycles. The molecule has 166 valence electrons. The summed E-state index contributed by atoms with van der Waals surface area (Å²) >= 11 is 0. The first kappa shape index (κ1) is 23.5. The Hall–Kier alpha value is -3.21. The number of piperidine rings is 1. The SMILES string of the molecule is CN(CCc1ccccc1)C1CCN(C(=O)c2ccc(-c3nc[nH]n3)c(C#N)c2)CC1.Cl. The number of amides is 1. The highest BCUT2D eigenvalue weighted by Gasteiger charge is 2.26. The van der Waals surface area contributed by atoms with Crippen molar-refractivity contribution in [2.24, 2.45) is 0 Å². The summed E-state index contributed by atoms with van der Waals surface area (Å²) in [6, 6.07) is 18.3. The Bertz CT molecular complexity index is 1060. The number of hydrogen-bond donors (Lipinski definition) is 1. The molecule has 2 aromatic carbocycles. The number of benzene rings is 2. The highest BCUT2D eigenvalue weighted by atomic mass is 35.5. The van der Waals surface area contributed by atoms with Crippen molar-refractivity contribution in [3.8, 4) is 17.5 Å². The van der Waals surface area contributed by atoms with Crippen LogP contribution in [0.15, 0.2) is 54.9 Å². The van der Waals surface area contributed by atoms with Gasteiger partial charge in [-0.2, -0.15) is 10.4 Å². The van der Waals surface area contributed by atoms with Gasteiger partial charge in [0.1, 0.15) is 6.33 Å². The van der Waals surface area contributed by atoms with Crippen molar-refractivity contribution in [1.82, 2.24) is 25.0 Å². The molecule has 0 unspecified atom stereocenters. The van der Waals surface area contributed by atoms with Gasteiger partial charge in [0.2, 0.25) is 0 Å². The van der Waals surface area contributed by atoms with Gasteiger partial charge in [-0.1, -0.05) is 30.3 Å². The largest absolute Gasteiger partial charge is 0.339 e. The van der Waals surface area contributed by atoms with E-state index in [9.17, 15) is 10.1 Å². The predicted molar refractivity (Wildman–Crippen MR) is 125 cm³/mol. The first-order valence-electron chi connectivity index (χ1n) is 10.6. The third kappa shape index (κ3) is 5.34. The summed E-state index contributed by atoms with van der Waals surface area (Å²) in [6.07, 6.45) is 4.41. The normalized spacial score (nSPS) is 14.1. The third-order valence-electron chi connectivity index (χ3n) is 6.01. The van der Waals surface area contributed by atoms with Gasteiger partial charge >= 0.3 is 0 Å². The molecule has 0 atom stereocenters. The Morgan fingerprint density at radius 1 is 1.22 bits per heavy atom. The number of nitrogens with zero attached hydrogens (tertiary/aromatic N) is 5. The van der Waals surface area contributed by atoms with Crippen LogP contribution in [-0.2, 0) is 6.42 Å². The molecule has 1 N–H and O–H groups in total. The Balaban J connectivity index is 0.00000289. The molecular formula is C24H27ClN6O. The molecule has 0 spiro atoms. The third-order valence-corrected chi connectivity index (χ3v) is 6.01. The van der Waals surface area contributed by atoms with Crippen LogP contribution < -0.4 is 0 Å². The Morgan fingerprint density at radius 3 is 2.62 bits per heavy atom. The summed E-state index contributed by atoms with van der Waals surface area (Å²) in [6.45, 7) is 2.46. The minimum absolute atomic E-state index is 0. The number of nitrogens with one attached hydrogen (secondary N) is 1. The van der Waals surface area contributed by atoms with E-state index in [0.717, 1.165) is 38.9 Å². The number of hydrogen-bond acceptors (Lipinski definition) is 5. The van der Waals surface area contributed by atoms with Crippen LogP contribution in [0, 0.1) is 11.3 Å². The average molecular weight is 451 g/mol. The number of aromatic amines is 1. The summed E-state index contributed by atoms with van der Waals surface area (Å²) in [5.74, 6) is 0.429. The standard InChI is InChI=1S/C24H26N6O.ClH/c1-29(12-9-18-5-3-2-4-6-18)21-10-13-30(14-11-21)24(31)19-7-8-22(20(15-19)16-25)23-26-17-27-28-23;/h2-8,15,17,21H,9-14H2,1H3,(H,26,27,28);1H. The second kappa shape index (κ2) is 10.9. The fourth-order valence-electron chi connectivity index (χ4n) is 4.13. The summed E-state index contributed by atoms with van der Waals surface area (Å²) in [7, 11) is 2.17. The van der Waals surface area contributed by atoms with Crippen molar-refractivity contribution in [1.29, 1.82) is 5.26 Å². The molecule has 1 fully saturated rings. The number of aromatic nitrogens is 3. The van der Waals surface area contributed by atoms with Crippen molar-refractivity contribution < 1.29 is 4.79 Å². The van der Waals surface area contributed by atoms with Gasteiger partial charge in [-0.15, -0.1) is 12.4 Å². The molecule has 1 aliphatic heterocycles. The minimum atomic E-state index is -0.0246. The van der Waals surface area contributed by atoms with Crippen LogP contribution in [0.1, 0.15) is 34.3 Å². The first-order valence-corrected chi connectivity index (χ1v) is 10.6. The Kier molecular flexibility index (Phi) is 7.98. The van der Waals surface area contributed by atoms with Crippen molar-refractivity contribution >= 4 is 18.3 Å². The Morgan fingerprint density at radius 2 is 1.97 bits per heavy atom. The summed E-state index contributed by atoms with van der Waals surface area (Å²) < 4.78 is 0. The zero-order valence-corrected chi connectivity index (χ0v) is 18.9. The van der Waals surface area contributed by atoms with Gasteiger partial charge in [0.05, 0.1) is 11.6 Å². The zero-order valence-electron chi connectivity index (χ0n) is 18.1. The molecular weight excluding hydrogens is 424 g/mol. The van der Waals surface area contributed by atoms with Gasteiger partial charge in [-0.3, -0.25) is 9.89 Å². The lowest BCUT2D eigenvalue weighted by Gasteiger charge is -2.37. The maximum atomic E-state index is 13.0. The van der Waals surface area contributed by atoms with E-state index >= 15 is 0 Å². The van der Waals surface area contributed by atoms with E-state index in [4.69, 9.17) is 0 Å². The second-order valence-electron chi connectivity index (χ2n) is 7.93. The summed E-state index contributed by atoms with van der Waals surface area (Å²) in [5, 5.41) is 16.2. The first-order chi connectivity index (χ1) is 15.2. The number of carbonyl (C=O) groups excluding carboxylic acids is 1. The van der Waals surface area contributed by atoms with E-state index in [1.165, 1.54) is 11.9 Å². The molecule has 7 nitrogen and oxygen atoms in total. The molecule has 0 radical (unpaired) electrons. The van der Waals surface area contributed by atoms with Gasteiger partial charge in [-0.25, -0.2) is 4.98 Å². The average Bonchev–Trinajstić information content (AvgIpc) is 3.37. The van der Waals surface area contributed by atoms with Crippen LogP contribution in [0.4, 0.5) is 0 Å². The molecule has 2 heterocycles. The van der Waals surface area contributed by atoms with Gasteiger partial charge in [0, 0.05) is 36.8 Å². The van der Waals surface area contributed by atoms with Crippen LogP contribution in [0.25, 0.3) is 11.4 Å². The van der Waals surface area contributed by atoms with E-state index < -0.39 is 0 Å². The Labute approximate surface area is 194 Å². The topological polar surface area (TPSA) is 88.9 Å². The molecule has 32 heavy (non-hydrogen) atoms. The second-order valence-corrected chi connectivity index (χ2v) is 7.93. The molecule has 0 aliphatic carbocycles. The zero-order chi connectivity index (χ0) is 21.6. The number of H-pyrrole nitrogens is 1. The van der Waals surface area contributed by atoms with Crippen LogP contribution in [0.3, 0.4) is 0 Å². The molecule has 1 aromatic heterocycles.